The first-order valence-electron chi connectivity index (χ1n) is 5.72. The zero-order valence-electron chi connectivity index (χ0n) is 10.2. The third-order valence-electron chi connectivity index (χ3n) is 2.70. The predicted octanol–water partition coefficient (Wildman–Crippen LogP) is 0.756. The number of aryl methyl sites for hydroxylation is 1. The van der Waals surface area contributed by atoms with E-state index < -0.39 is 0 Å². The summed E-state index contributed by atoms with van der Waals surface area (Å²) in [6.45, 7) is 0.905. The van der Waals surface area contributed by atoms with Gasteiger partial charge in [0.15, 0.2) is 5.82 Å². The molecule has 0 bridgehead atoms. The van der Waals surface area contributed by atoms with E-state index in [2.05, 4.69) is 45.0 Å². The summed E-state index contributed by atoms with van der Waals surface area (Å²) in [5, 5.41) is 15.3. The van der Waals surface area contributed by atoms with Crippen LogP contribution >= 0.6 is 0 Å². The molecule has 1 unspecified atom stereocenters. The topological polar surface area (TPSA) is 55.6 Å². The van der Waals surface area contributed by atoms with Crippen LogP contribution in [0.3, 0.4) is 0 Å². The standard InChI is InChI=1S/C12H17N5/c1-13-9-11(10-6-4-3-5-7-10)8-12-14-16-17(2)15-12/h3-7,11,13H,8-9H2,1-2H3. The Morgan fingerprint density at radius 2 is 2.06 bits per heavy atom. The van der Waals surface area contributed by atoms with Gasteiger partial charge in [0.1, 0.15) is 0 Å². The first-order chi connectivity index (χ1) is 8.29. The van der Waals surface area contributed by atoms with Gasteiger partial charge >= 0.3 is 0 Å². The van der Waals surface area contributed by atoms with Crippen LogP contribution < -0.4 is 5.32 Å². The minimum Gasteiger partial charge on any atom is -0.319 e. The fourth-order valence-electron chi connectivity index (χ4n) is 1.90. The lowest BCUT2D eigenvalue weighted by molar-refractivity contribution is 0.599. The Balaban J connectivity index is 2.13. The van der Waals surface area contributed by atoms with Crippen molar-refractivity contribution >= 4 is 0 Å². The van der Waals surface area contributed by atoms with Crippen molar-refractivity contribution < 1.29 is 0 Å². The number of hydrogen-bond donors (Lipinski definition) is 1. The molecular weight excluding hydrogens is 214 g/mol. The van der Waals surface area contributed by atoms with Gasteiger partial charge in [-0.05, 0) is 17.8 Å². The second kappa shape index (κ2) is 5.54. The highest BCUT2D eigenvalue weighted by molar-refractivity contribution is 5.20. The van der Waals surface area contributed by atoms with Crippen molar-refractivity contribution in [2.24, 2.45) is 7.05 Å². The largest absolute Gasteiger partial charge is 0.319 e. The van der Waals surface area contributed by atoms with Gasteiger partial charge in [0.25, 0.3) is 0 Å². The van der Waals surface area contributed by atoms with E-state index in [0.29, 0.717) is 5.92 Å². The Hall–Kier alpha value is -1.75. The molecule has 0 aliphatic carbocycles. The van der Waals surface area contributed by atoms with Gasteiger partial charge in [-0.25, -0.2) is 0 Å². The van der Waals surface area contributed by atoms with E-state index in [4.69, 9.17) is 0 Å². The van der Waals surface area contributed by atoms with E-state index in [1.807, 2.05) is 13.1 Å². The average Bonchev–Trinajstić information content (AvgIpc) is 2.75. The fraction of sp³-hybridized carbons (Fsp3) is 0.417. The summed E-state index contributed by atoms with van der Waals surface area (Å²) < 4.78 is 0. The second-order valence-electron chi connectivity index (χ2n) is 4.06. The average molecular weight is 231 g/mol. The number of tetrazole rings is 1. The lowest BCUT2D eigenvalue weighted by Crippen LogP contribution is -2.19. The zero-order chi connectivity index (χ0) is 12.1. The normalized spacial score (nSPS) is 12.6. The van der Waals surface area contributed by atoms with Gasteiger partial charge in [0.2, 0.25) is 0 Å². The van der Waals surface area contributed by atoms with Crippen molar-refractivity contribution in [2.45, 2.75) is 12.3 Å². The summed E-state index contributed by atoms with van der Waals surface area (Å²) in [7, 11) is 3.74. The minimum absolute atomic E-state index is 0.380. The van der Waals surface area contributed by atoms with Crippen molar-refractivity contribution in [3.63, 3.8) is 0 Å². The fourth-order valence-corrected chi connectivity index (χ4v) is 1.90. The van der Waals surface area contributed by atoms with Crippen LogP contribution in [0.5, 0.6) is 0 Å². The predicted molar refractivity (Wildman–Crippen MR) is 65.6 cm³/mol. The molecule has 2 aromatic rings. The lowest BCUT2D eigenvalue weighted by Gasteiger charge is -2.14. The molecule has 0 spiro atoms. The first-order valence-corrected chi connectivity index (χ1v) is 5.72. The molecule has 1 aromatic heterocycles. The summed E-state index contributed by atoms with van der Waals surface area (Å²) in [5.74, 6) is 1.17. The van der Waals surface area contributed by atoms with Crippen molar-refractivity contribution in [1.29, 1.82) is 0 Å². The highest BCUT2D eigenvalue weighted by atomic mass is 15.6. The zero-order valence-corrected chi connectivity index (χ0v) is 10.2. The van der Waals surface area contributed by atoms with E-state index in [1.165, 1.54) is 10.4 Å². The molecule has 17 heavy (non-hydrogen) atoms. The number of benzene rings is 1. The SMILES string of the molecule is CNCC(Cc1nnn(C)n1)c1ccccc1. The van der Waals surface area contributed by atoms with Gasteiger partial charge in [-0.2, -0.15) is 4.80 Å². The van der Waals surface area contributed by atoms with Crippen LogP contribution in [-0.4, -0.2) is 33.8 Å². The molecule has 0 radical (unpaired) electrons. The molecule has 1 heterocycles. The molecule has 0 saturated carbocycles. The van der Waals surface area contributed by atoms with E-state index in [-0.39, 0.29) is 0 Å². The smallest absolute Gasteiger partial charge is 0.175 e. The summed E-state index contributed by atoms with van der Waals surface area (Å²) >= 11 is 0. The molecule has 1 atom stereocenters. The van der Waals surface area contributed by atoms with Gasteiger partial charge in [-0.1, -0.05) is 30.3 Å². The molecule has 0 saturated heterocycles. The van der Waals surface area contributed by atoms with Crippen LogP contribution in [0.1, 0.15) is 17.3 Å². The number of nitrogens with one attached hydrogen (secondary N) is 1. The maximum absolute atomic E-state index is 4.22. The third kappa shape index (κ3) is 3.10. The maximum Gasteiger partial charge on any atom is 0.175 e. The molecular formula is C12H17N5. The Morgan fingerprint density at radius 3 is 2.65 bits per heavy atom. The number of aromatic nitrogens is 4. The molecule has 0 amide bonds. The summed E-state index contributed by atoms with van der Waals surface area (Å²) in [4.78, 5) is 1.50. The molecule has 1 N–H and O–H groups in total. The molecule has 0 aliphatic heterocycles. The van der Waals surface area contributed by atoms with Gasteiger partial charge in [0, 0.05) is 18.9 Å². The Bertz CT molecular complexity index is 451. The summed E-state index contributed by atoms with van der Waals surface area (Å²) in [5.41, 5.74) is 1.30. The van der Waals surface area contributed by atoms with Crippen molar-refractivity contribution in [1.82, 2.24) is 25.5 Å². The van der Waals surface area contributed by atoms with Crippen LogP contribution in [0.25, 0.3) is 0 Å². The van der Waals surface area contributed by atoms with Crippen molar-refractivity contribution in [2.75, 3.05) is 13.6 Å². The third-order valence-corrected chi connectivity index (χ3v) is 2.70. The van der Waals surface area contributed by atoms with E-state index in [0.717, 1.165) is 18.8 Å². The molecule has 2 rings (SSSR count). The monoisotopic (exact) mass is 231 g/mol. The molecule has 0 fully saturated rings. The lowest BCUT2D eigenvalue weighted by atomic mass is 9.95. The highest BCUT2D eigenvalue weighted by Crippen LogP contribution is 2.18. The van der Waals surface area contributed by atoms with E-state index in [9.17, 15) is 0 Å². The number of hydrogen-bond acceptors (Lipinski definition) is 4. The van der Waals surface area contributed by atoms with E-state index >= 15 is 0 Å². The number of rotatable bonds is 5. The molecule has 0 aliphatic rings. The van der Waals surface area contributed by atoms with Gasteiger partial charge in [0.05, 0.1) is 7.05 Å². The summed E-state index contributed by atoms with van der Waals surface area (Å²) in [6, 6.07) is 10.4. The van der Waals surface area contributed by atoms with Crippen LogP contribution in [0.15, 0.2) is 30.3 Å². The Kier molecular flexibility index (Phi) is 3.82. The van der Waals surface area contributed by atoms with Gasteiger partial charge in [-0.15, -0.1) is 10.2 Å². The van der Waals surface area contributed by atoms with Crippen LogP contribution in [0, 0.1) is 0 Å². The highest BCUT2D eigenvalue weighted by Gasteiger charge is 2.14. The quantitative estimate of drug-likeness (QED) is 0.825. The Labute approximate surface area is 101 Å². The maximum atomic E-state index is 4.22. The van der Waals surface area contributed by atoms with Crippen molar-refractivity contribution in [3.8, 4) is 0 Å². The molecule has 5 nitrogen and oxygen atoms in total. The molecule has 5 heteroatoms. The number of likely N-dealkylation sites (N-methyl/N-ethyl adjacent to an activating group) is 1. The summed E-state index contributed by atoms with van der Waals surface area (Å²) in [6.07, 6.45) is 0.804. The van der Waals surface area contributed by atoms with Crippen LogP contribution in [-0.2, 0) is 13.5 Å². The minimum atomic E-state index is 0.380. The molecule has 1 aromatic carbocycles. The van der Waals surface area contributed by atoms with E-state index in [1.54, 1.807) is 7.05 Å². The first kappa shape index (κ1) is 11.7. The second-order valence-corrected chi connectivity index (χ2v) is 4.06. The van der Waals surface area contributed by atoms with Crippen LogP contribution in [0.2, 0.25) is 0 Å². The Morgan fingerprint density at radius 1 is 1.29 bits per heavy atom. The van der Waals surface area contributed by atoms with Gasteiger partial charge in [-0.3, -0.25) is 0 Å². The van der Waals surface area contributed by atoms with Crippen molar-refractivity contribution in [3.05, 3.63) is 41.7 Å². The van der Waals surface area contributed by atoms with Gasteiger partial charge < -0.3 is 5.32 Å². The molecule has 90 valence electrons. The van der Waals surface area contributed by atoms with Crippen LogP contribution in [0.4, 0.5) is 0 Å². The number of nitrogens with zero attached hydrogens (tertiary/aromatic N) is 4.